The van der Waals surface area contributed by atoms with Crippen LogP contribution in [0, 0.1) is 0 Å². The summed E-state index contributed by atoms with van der Waals surface area (Å²) in [5.41, 5.74) is 2.80. The second-order valence-electron chi connectivity index (χ2n) is 7.16. The van der Waals surface area contributed by atoms with Crippen LogP contribution in [0.15, 0.2) is 41.3 Å². The molecule has 0 saturated carbocycles. The molecule has 0 aromatic heterocycles. The van der Waals surface area contributed by atoms with Crippen molar-refractivity contribution in [3.63, 3.8) is 0 Å². The fourth-order valence-corrected chi connectivity index (χ4v) is 5.10. The Morgan fingerprint density at radius 1 is 1.20 bits per heavy atom. The van der Waals surface area contributed by atoms with E-state index in [9.17, 15) is 13.2 Å². The van der Waals surface area contributed by atoms with Crippen molar-refractivity contribution in [3.8, 4) is 5.75 Å². The lowest BCUT2D eigenvalue weighted by molar-refractivity contribution is -0.136. The molecule has 0 saturated heterocycles. The summed E-state index contributed by atoms with van der Waals surface area (Å²) >= 11 is 5.84. The van der Waals surface area contributed by atoms with Crippen molar-refractivity contribution < 1.29 is 28.2 Å². The van der Waals surface area contributed by atoms with Gasteiger partial charge in [-0.15, -0.1) is 0 Å². The molecule has 0 heterocycles. The van der Waals surface area contributed by atoms with Crippen LogP contribution in [0.5, 0.6) is 5.75 Å². The Morgan fingerprint density at radius 2 is 1.93 bits per heavy atom. The van der Waals surface area contributed by atoms with Crippen molar-refractivity contribution in [2.24, 2.45) is 0 Å². The van der Waals surface area contributed by atoms with Gasteiger partial charge in [-0.2, -0.15) is 0 Å². The van der Waals surface area contributed by atoms with E-state index in [1.54, 1.807) is 6.07 Å². The summed E-state index contributed by atoms with van der Waals surface area (Å²) in [5.74, 6) is -0.325. The summed E-state index contributed by atoms with van der Waals surface area (Å²) in [7, 11) is -3.67. The topological polar surface area (TPSA) is 113 Å². The molecule has 0 fully saturated rings. The predicted octanol–water partition coefficient (Wildman–Crippen LogP) is 2.56. The van der Waals surface area contributed by atoms with E-state index >= 15 is 0 Å². The standard InChI is InChI=1S/C21H24ClNO6S/c22-15-2-5-17(6-3-15)30(27,28)23-16-4-7-18-14(13-16)1-9-20(29-12-11-24)19(18)8-10-21(25)26/h1-3,5-6,9,16,23-24H,4,7-8,10-13H2,(H,25,26). The van der Waals surface area contributed by atoms with Crippen LogP contribution in [0.3, 0.4) is 0 Å². The van der Waals surface area contributed by atoms with E-state index in [-0.39, 0.29) is 30.6 Å². The minimum atomic E-state index is -3.67. The number of rotatable bonds is 9. The number of halogens is 1. The molecule has 0 aliphatic heterocycles. The van der Waals surface area contributed by atoms with Crippen LogP contribution in [0.4, 0.5) is 0 Å². The molecule has 7 nitrogen and oxygen atoms in total. The number of hydrogen-bond donors (Lipinski definition) is 3. The van der Waals surface area contributed by atoms with Crippen LogP contribution in [0.25, 0.3) is 0 Å². The van der Waals surface area contributed by atoms with E-state index in [1.165, 1.54) is 24.3 Å². The van der Waals surface area contributed by atoms with Crippen molar-refractivity contribution >= 4 is 27.6 Å². The quantitative estimate of drug-likeness (QED) is 0.537. The summed E-state index contributed by atoms with van der Waals surface area (Å²) in [4.78, 5) is 11.2. The van der Waals surface area contributed by atoms with Crippen molar-refractivity contribution in [2.75, 3.05) is 13.2 Å². The maximum atomic E-state index is 12.7. The molecule has 1 aliphatic carbocycles. The summed E-state index contributed by atoms with van der Waals surface area (Å²) in [6, 6.07) is 9.39. The van der Waals surface area contributed by atoms with E-state index < -0.39 is 16.0 Å². The molecule has 9 heteroatoms. The zero-order valence-corrected chi connectivity index (χ0v) is 17.9. The molecule has 162 valence electrons. The number of hydrogen-bond acceptors (Lipinski definition) is 5. The molecule has 30 heavy (non-hydrogen) atoms. The van der Waals surface area contributed by atoms with Gasteiger partial charge in [0.25, 0.3) is 0 Å². The van der Waals surface area contributed by atoms with Gasteiger partial charge in [0.05, 0.1) is 11.5 Å². The third-order valence-electron chi connectivity index (χ3n) is 5.08. The fourth-order valence-electron chi connectivity index (χ4n) is 3.71. The number of ether oxygens (including phenoxy) is 1. The summed E-state index contributed by atoms with van der Waals surface area (Å²) in [6.45, 7) is -0.00756. The molecule has 0 spiro atoms. The highest BCUT2D eigenvalue weighted by molar-refractivity contribution is 7.89. The Labute approximate surface area is 180 Å². The summed E-state index contributed by atoms with van der Waals surface area (Å²) in [6.07, 6.45) is 1.99. The normalized spacial score (nSPS) is 16.1. The zero-order valence-electron chi connectivity index (χ0n) is 16.3. The second-order valence-corrected chi connectivity index (χ2v) is 9.31. The van der Waals surface area contributed by atoms with Crippen molar-refractivity contribution in [1.82, 2.24) is 4.72 Å². The van der Waals surface area contributed by atoms with Gasteiger partial charge < -0.3 is 14.9 Å². The number of carboxylic acid groups (broad SMARTS) is 1. The molecule has 2 aromatic carbocycles. The van der Waals surface area contributed by atoms with Crippen LogP contribution in [-0.4, -0.2) is 43.9 Å². The number of aliphatic hydroxyl groups is 1. The number of carboxylic acids is 1. The number of fused-ring (bicyclic) bond motifs is 1. The maximum absolute atomic E-state index is 12.7. The number of benzene rings is 2. The largest absolute Gasteiger partial charge is 0.491 e. The van der Waals surface area contributed by atoms with Gasteiger partial charge >= 0.3 is 5.97 Å². The molecule has 2 aromatic rings. The molecule has 3 N–H and O–H groups in total. The van der Waals surface area contributed by atoms with Crippen LogP contribution in [0.2, 0.25) is 5.02 Å². The van der Waals surface area contributed by atoms with Gasteiger partial charge in [0.2, 0.25) is 10.0 Å². The first-order valence-corrected chi connectivity index (χ1v) is 11.5. The minimum Gasteiger partial charge on any atom is -0.491 e. The van der Waals surface area contributed by atoms with Gasteiger partial charge in [-0.05, 0) is 72.7 Å². The van der Waals surface area contributed by atoms with E-state index in [1.807, 2.05) is 6.07 Å². The third-order valence-corrected chi connectivity index (χ3v) is 6.87. The first kappa shape index (κ1) is 22.6. The van der Waals surface area contributed by atoms with Gasteiger partial charge in [0.1, 0.15) is 12.4 Å². The Bertz CT molecular complexity index is 1010. The van der Waals surface area contributed by atoms with Crippen LogP contribution in [-0.2, 0) is 34.1 Å². The van der Waals surface area contributed by atoms with Crippen molar-refractivity contribution in [1.29, 1.82) is 0 Å². The predicted molar refractivity (Wildman–Crippen MR) is 113 cm³/mol. The van der Waals surface area contributed by atoms with Crippen molar-refractivity contribution in [3.05, 3.63) is 58.1 Å². The Morgan fingerprint density at radius 3 is 2.60 bits per heavy atom. The third kappa shape index (κ3) is 5.51. The van der Waals surface area contributed by atoms with Gasteiger partial charge in [-0.25, -0.2) is 13.1 Å². The molecular weight excluding hydrogens is 430 g/mol. The van der Waals surface area contributed by atoms with Crippen LogP contribution < -0.4 is 9.46 Å². The van der Waals surface area contributed by atoms with Crippen LogP contribution in [0.1, 0.15) is 29.5 Å². The lowest BCUT2D eigenvalue weighted by atomic mass is 9.84. The molecule has 1 aliphatic rings. The Kier molecular flexibility index (Phi) is 7.36. The summed E-state index contributed by atoms with van der Waals surface area (Å²) < 4.78 is 33.7. The lowest BCUT2D eigenvalue weighted by Crippen LogP contribution is -2.39. The fraction of sp³-hybridized carbons (Fsp3) is 0.381. The number of nitrogens with one attached hydrogen (secondary N) is 1. The average molecular weight is 454 g/mol. The number of aliphatic carboxylic acids is 1. The summed E-state index contributed by atoms with van der Waals surface area (Å²) in [5, 5.41) is 18.6. The molecule has 0 bridgehead atoms. The van der Waals surface area contributed by atoms with E-state index in [0.717, 1.165) is 16.7 Å². The highest BCUT2D eigenvalue weighted by atomic mass is 35.5. The number of sulfonamides is 1. The number of aliphatic hydroxyl groups excluding tert-OH is 1. The SMILES string of the molecule is O=C(O)CCc1c(OCCO)ccc2c1CCC(NS(=O)(=O)c1ccc(Cl)cc1)C2. The van der Waals surface area contributed by atoms with E-state index in [0.29, 0.717) is 36.5 Å². The Hall–Kier alpha value is -2.13. The first-order valence-electron chi connectivity index (χ1n) is 9.67. The minimum absolute atomic E-state index is 0.0292. The number of carbonyl (C=O) groups is 1. The molecule has 1 unspecified atom stereocenters. The smallest absolute Gasteiger partial charge is 0.303 e. The first-order chi connectivity index (χ1) is 14.3. The highest BCUT2D eigenvalue weighted by Crippen LogP contribution is 2.33. The van der Waals surface area contributed by atoms with Gasteiger partial charge in [-0.3, -0.25) is 4.79 Å². The highest BCUT2D eigenvalue weighted by Gasteiger charge is 2.27. The van der Waals surface area contributed by atoms with Gasteiger partial charge in [-0.1, -0.05) is 17.7 Å². The van der Waals surface area contributed by atoms with Crippen molar-refractivity contribution in [2.45, 2.75) is 43.0 Å². The zero-order chi connectivity index (χ0) is 21.7. The molecule has 0 amide bonds. The van der Waals surface area contributed by atoms with Gasteiger partial charge in [0, 0.05) is 17.5 Å². The van der Waals surface area contributed by atoms with Crippen LogP contribution >= 0.6 is 11.6 Å². The van der Waals surface area contributed by atoms with E-state index in [4.69, 9.17) is 26.6 Å². The van der Waals surface area contributed by atoms with Gasteiger partial charge in [0.15, 0.2) is 0 Å². The second kappa shape index (κ2) is 9.78. The van der Waals surface area contributed by atoms with E-state index in [2.05, 4.69) is 4.72 Å². The maximum Gasteiger partial charge on any atom is 0.303 e. The molecular formula is C21H24ClNO6S. The lowest BCUT2D eigenvalue weighted by Gasteiger charge is -2.28. The Balaban J connectivity index is 1.80. The monoisotopic (exact) mass is 453 g/mol. The molecule has 1 atom stereocenters. The average Bonchev–Trinajstić information content (AvgIpc) is 2.70. The molecule has 3 rings (SSSR count). The molecule has 0 radical (unpaired) electrons.